The van der Waals surface area contributed by atoms with Crippen molar-refractivity contribution < 1.29 is 27.5 Å². The van der Waals surface area contributed by atoms with Crippen molar-refractivity contribution in [2.45, 2.75) is 19.2 Å². The van der Waals surface area contributed by atoms with Crippen molar-refractivity contribution >= 4 is 40.4 Å². The van der Waals surface area contributed by atoms with Crippen LogP contribution in [0.1, 0.15) is 12.5 Å². The summed E-state index contributed by atoms with van der Waals surface area (Å²) < 4.78 is 50.9. The minimum atomic E-state index is -4.57. The molecular weight excluding hydrogens is 496 g/mol. The fourth-order valence-electron chi connectivity index (χ4n) is 2.80. The van der Waals surface area contributed by atoms with Crippen LogP contribution in [-0.4, -0.2) is 37.3 Å². The first-order chi connectivity index (χ1) is 15.1. The van der Waals surface area contributed by atoms with Crippen molar-refractivity contribution in [1.82, 2.24) is 19.5 Å². The van der Waals surface area contributed by atoms with Gasteiger partial charge in [-0.1, -0.05) is 40.0 Å². The van der Waals surface area contributed by atoms with Crippen molar-refractivity contribution in [3.05, 3.63) is 51.2 Å². The van der Waals surface area contributed by atoms with Gasteiger partial charge in [0.05, 0.1) is 27.2 Å². The van der Waals surface area contributed by atoms with Crippen LogP contribution in [0.2, 0.25) is 15.1 Å². The molecule has 3 heterocycles. The SMILES string of the molecule is C[C@H](CO)Oc1cc(Cl)c(-c2noc(-c3cn4cc(C(F)(F)F)cc(Cl)c4n3)n2)cc1Cl. The van der Waals surface area contributed by atoms with Gasteiger partial charge in [0.25, 0.3) is 5.89 Å². The zero-order chi connectivity index (χ0) is 23.2. The van der Waals surface area contributed by atoms with E-state index in [4.69, 9.17) is 49.2 Å². The highest BCUT2D eigenvalue weighted by Crippen LogP contribution is 2.37. The normalized spacial score (nSPS) is 13.0. The van der Waals surface area contributed by atoms with Crippen LogP contribution < -0.4 is 4.74 Å². The second-order valence-electron chi connectivity index (χ2n) is 6.73. The second-order valence-corrected chi connectivity index (χ2v) is 7.95. The van der Waals surface area contributed by atoms with Crippen LogP contribution in [0.3, 0.4) is 0 Å². The van der Waals surface area contributed by atoms with Gasteiger partial charge in [0.2, 0.25) is 5.82 Å². The minimum absolute atomic E-state index is 0.0604. The average molecular weight is 508 g/mol. The van der Waals surface area contributed by atoms with Gasteiger partial charge < -0.3 is 18.8 Å². The number of aliphatic hydroxyl groups excluding tert-OH is 1. The lowest BCUT2D eigenvalue weighted by Gasteiger charge is -2.14. The lowest BCUT2D eigenvalue weighted by Crippen LogP contribution is -2.16. The zero-order valence-electron chi connectivity index (χ0n) is 16.0. The van der Waals surface area contributed by atoms with Crippen molar-refractivity contribution in [2.24, 2.45) is 0 Å². The fraction of sp³-hybridized carbons (Fsp3) is 0.211. The van der Waals surface area contributed by atoms with E-state index in [-0.39, 0.29) is 50.5 Å². The Bertz CT molecular complexity index is 1310. The number of ether oxygens (including phenoxy) is 1. The smallest absolute Gasteiger partial charge is 0.417 e. The maximum atomic E-state index is 13.0. The molecule has 0 aliphatic heterocycles. The molecule has 0 bridgehead atoms. The van der Waals surface area contributed by atoms with Crippen LogP contribution in [0.25, 0.3) is 28.6 Å². The van der Waals surface area contributed by atoms with E-state index in [0.717, 1.165) is 16.7 Å². The lowest BCUT2D eigenvalue weighted by molar-refractivity contribution is -0.137. The number of pyridine rings is 1. The Kier molecular flexibility index (Phi) is 5.97. The van der Waals surface area contributed by atoms with Gasteiger partial charge in [-0.15, -0.1) is 0 Å². The molecule has 32 heavy (non-hydrogen) atoms. The van der Waals surface area contributed by atoms with E-state index >= 15 is 0 Å². The standard InChI is InChI=1S/C19H12Cl3F3N4O3/c1-8(7-30)31-15-4-11(20)10(3-12(15)21)16-27-18(32-28-16)14-6-29-5-9(19(23,24)25)2-13(22)17(29)26-14/h2-6,8,30H,7H2,1H3/t8-/m1/s1. The minimum Gasteiger partial charge on any atom is -0.487 e. The number of benzene rings is 1. The summed E-state index contributed by atoms with van der Waals surface area (Å²) >= 11 is 18.5. The molecule has 1 aromatic carbocycles. The third-order valence-corrected chi connectivity index (χ3v) is 5.21. The molecule has 0 spiro atoms. The predicted molar refractivity (Wildman–Crippen MR) is 111 cm³/mol. The molecule has 0 aliphatic carbocycles. The number of hydrogen-bond acceptors (Lipinski definition) is 6. The van der Waals surface area contributed by atoms with Gasteiger partial charge in [0.1, 0.15) is 17.5 Å². The van der Waals surface area contributed by atoms with E-state index < -0.39 is 17.8 Å². The van der Waals surface area contributed by atoms with Crippen LogP contribution in [-0.2, 0) is 6.18 Å². The maximum Gasteiger partial charge on any atom is 0.417 e. The monoisotopic (exact) mass is 506 g/mol. The number of aliphatic hydroxyl groups is 1. The molecule has 1 N–H and O–H groups in total. The van der Waals surface area contributed by atoms with E-state index in [9.17, 15) is 13.2 Å². The number of imidazole rings is 1. The van der Waals surface area contributed by atoms with Crippen molar-refractivity contribution in [2.75, 3.05) is 6.61 Å². The molecule has 0 saturated carbocycles. The van der Waals surface area contributed by atoms with Gasteiger partial charge in [-0.25, -0.2) is 4.98 Å². The van der Waals surface area contributed by atoms with Crippen LogP contribution in [0, 0.1) is 0 Å². The first kappa shape index (κ1) is 22.7. The Hall–Kier alpha value is -2.53. The van der Waals surface area contributed by atoms with Crippen LogP contribution in [0.4, 0.5) is 13.2 Å². The number of fused-ring (bicyclic) bond motifs is 1. The zero-order valence-corrected chi connectivity index (χ0v) is 18.3. The van der Waals surface area contributed by atoms with Gasteiger partial charge in [-0.2, -0.15) is 18.2 Å². The molecule has 7 nitrogen and oxygen atoms in total. The Labute approximate surface area is 193 Å². The van der Waals surface area contributed by atoms with Crippen molar-refractivity contribution in [3.63, 3.8) is 0 Å². The summed E-state index contributed by atoms with van der Waals surface area (Å²) in [4.78, 5) is 8.39. The molecule has 0 fully saturated rings. The largest absolute Gasteiger partial charge is 0.487 e. The third kappa shape index (κ3) is 4.36. The van der Waals surface area contributed by atoms with Gasteiger partial charge in [0.15, 0.2) is 5.65 Å². The molecule has 1 atom stereocenters. The van der Waals surface area contributed by atoms with Crippen molar-refractivity contribution in [3.8, 4) is 28.7 Å². The highest BCUT2D eigenvalue weighted by molar-refractivity contribution is 6.36. The lowest BCUT2D eigenvalue weighted by atomic mass is 10.2. The number of halogens is 6. The van der Waals surface area contributed by atoms with Crippen LogP contribution in [0.5, 0.6) is 5.75 Å². The fourth-order valence-corrected chi connectivity index (χ4v) is 3.50. The van der Waals surface area contributed by atoms with E-state index in [0.29, 0.717) is 5.56 Å². The third-order valence-electron chi connectivity index (χ3n) is 4.33. The topological polar surface area (TPSA) is 85.7 Å². The second kappa shape index (κ2) is 8.43. The average Bonchev–Trinajstić information content (AvgIpc) is 3.37. The molecule has 13 heteroatoms. The van der Waals surface area contributed by atoms with E-state index in [1.807, 2.05) is 0 Å². The van der Waals surface area contributed by atoms with Gasteiger partial charge in [-0.05, 0) is 19.1 Å². The number of rotatable bonds is 5. The quantitative estimate of drug-likeness (QED) is 0.368. The highest BCUT2D eigenvalue weighted by atomic mass is 35.5. The Morgan fingerprint density at radius 1 is 1.09 bits per heavy atom. The summed E-state index contributed by atoms with van der Waals surface area (Å²) in [5, 5.41) is 13.2. The van der Waals surface area contributed by atoms with E-state index in [1.54, 1.807) is 6.92 Å². The number of nitrogens with zero attached hydrogens (tertiary/aromatic N) is 4. The van der Waals surface area contributed by atoms with Gasteiger partial charge >= 0.3 is 6.18 Å². The number of hydrogen-bond donors (Lipinski definition) is 1. The molecule has 0 aliphatic rings. The molecule has 0 amide bonds. The van der Waals surface area contributed by atoms with E-state index in [2.05, 4.69) is 15.1 Å². The summed E-state index contributed by atoms with van der Waals surface area (Å²) in [6.07, 6.45) is -2.92. The molecule has 0 saturated heterocycles. The Morgan fingerprint density at radius 2 is 1.84 bits per heavy atom. The molecule has 0 radical (unpaired) electrons. The molecule has 168 valence electrons. The summed E-state index contributed by atoms with van der Waals surface area (Å²) in [5.41, 5.74) is -0.389. The van der Waals surface area contributed by atoms with Crippen LogP contribution >= 0.6 is 34.8 Å². The molecule has 3 aromatic heterocycles. The van der Waals surface area contributed by atoms with E-state index in [1.165, 1.54) is 18.3 Å². The summed E-state index contributed by atoms with van der Waals surface area (Å²) in [6.45, 7) is 1.44. The Morgan fingerprint density at radius 3 is 2.53 bits per heavy atom. The molecule has 4 aromatic rings. The summed E-state index contributed by atoms with van der Waals surface area (Å²) in [6, 6.07) is 3.70. The molecule has 0 unspecified atom stereocenters. The Balaban J connectivity index is 1.69. The molecule has 4 rings (SSSR count). The van der Waals surface area contributed by atoms with Crippen LogP contribution in [0.15, 0.2) is 35.1 Å². The van der Waals surface area contributed by atoms with Gasteiger partial charge in [-0.3, -0.25) is 0 Å². The summed E-state index contributed by atoms with van der Waals surface area (Å²) in [7, 11) is 0. The number of aromatic nitrogens is 4. The summed E-state index contributed by atoms with van der Waals surface area (Å²) in [5.74, 6) is 0.281. The maximum absolute atomic E-state index is 13.0. The highest BCUT2D eigenvalue weighted by Gasteiger charge is 2.32. The predicted octanol–water partition coefficient (Wildman–Crippen LogP) is 5.79. The molecular formula is C19H12Cl3F3N4O3. The van der Waals surface area contributed by atoms with Crippen molar-refractivity contribution in [1.29, 1.82) is 0 Å². The van der Waals surface area contributed by atoms with Gasteiger partial charge in [0, 0.05) is 24.0 Å². The number of alkyl halides is 3. The first-order valence-corrected chi connectivity index (χ1v) is 10.1. The first-order valence-electron chi connectivity index (χ1n) is 8.93.